The molecule has 0 spiro atoms. The molecular weight excluding hydrogens is 274 g/mol. The molecule has 0 radical (unpaired) electrons. The number of thiazole rings is 1. The first-order chi connectivity index (χ1) is 9.79. The Kier molecular flexibility index (Phi) is 3.84. The van der Waals surface area contributed by atoms with Crippen molar-refractivity contribution in [2.24, 2.45) is 0 Å². The molecule has 5 nitrogen and oxygen atoms in total. The van der Waals surface area contributed by atoms with Gasteiger partial charge in [-0.1, -0.05) is 0 Å². The predicted octanol–water partition coefficient (Wildman–Crippen LogP) is 2.23. The van der Waals surface area contributed by atoms with Gasteiger partial charge in [-0.15, -0.1) is 11.3 Å². The highest BCUT2D eigenvalue weighted by Gasteiger charge is 2.30. The molecule has 1 fully saturated rings. The first kappa shape index (κ1) is 13.3. The van der Waals surface area contributed by atoms with E-state index in [0.29, 0.717) is 5.69 Å². The number of hydrogen-bond donors (Lipinski definition) is 1. The molecule has 0 bridgehead atoms. The molecule has 1 unspecified atom stereocenters. The highest BCUT2D eigenvalue weighted by atomic mass is 32.1. The van der Waals surface area contributed by atoms with E-state index in [2.05, 4.69) is 10.3 Å². The van der Waals surface area contributed by atoms with Crippen LogP contribution in [0.2, 0.25) is 0 Å². The van der Waals surface area contributed by atoms with Crippen LogP contribution in [0.3, 0.4) is 0 Å². The molecular formula is C14H17N3O2S. The van der Waals surface area contributed by atoms with Crippen molar-refractivity contribution in [3.05, 3.63) is 29.7 Å². The van der Waals surface area contributed by atoms with E-state index in [1.165, 1.54) is 11.3 Å². The summed E-state index contributed by atoms with van der Waals surface area (Å²) < 4.78 is 5.05. The van der Waals surface area contributed by atoms with Gasteiger partial charge in [-0.05, 0) is 26.0 Å². The Bertz CT molecular complexity index is 579. The number of carbonyl (C=O) groups is 1. The summed E-state index contributed by atoms with van der Waals surface area (Å²) in [6.45, 7) is 1.66. The molecule has 1 atom stereocenters. The average molecular weight is 291 g/mol. The summed E-state index contributed by atoms with van der Waals surface area (Å²) in [4.78, 5) is 18.9. The second-order valence-electron chi connectivity index (χ2n) is 4.90. The molecule has 0 aromatic carbocycles. The van der Waals surface area contributed by atoms with E-state index in [1.54, 1.807) is 12.5 Å². The van der Waals surface area contributed by atoms with Crippen LogP contribution in [0.4, 0.5) is 0 Å². The topological polar surface area (TPSA) is 58.4 Å². The van der Waals surface area contributed by atoms with E-state index in [1.807, 2.05) is 23.4 Å². The number of nitrogens with one attached hydrogen (secondary N) is 1. The van der Waals surface area contributed by atoms with E-state index in [4.69, 9.17) is 4.42 Å². The third-order valence-corrected chi connectivity index (χ3v) is 4.46. The van der Waals surface area contributed by atoms with Gasteiger partial charge in [0.15, 0.2) is 0 Å². The number of rotatable bonds is 4. The predicted molar refractivity (Wildman–Crippen MR) is 77.8 cm³/mol. The summed E-state index contributed by atoms with van der Waals surface area (Å²) in [6, 6.07) is 2.14. The van der Waals surface area contributed by atoms with Gasteiger partial charge in [0.05, 0.1) is 6.26 Å². The molecule has 0 aliphatic carbocycles. The first-order valence-corrected chi connectivity index (χ1v) is 7.61. The number of carbonyl (C=O) groups excluding carboxylic acids is 1. The fraction of sp³-hybridized carbons (Fsp3) is 0.429. The van der Waals surface area contributed by atoms with Crippen LogP contribution in [0, 0.1) is 0 Å². The van der Waals surface area contributed by atoms with E-state index >= 15 is 0 Å². The molecule has 106 valence electrons. The maximum Gasteiger partial charge on any atom is 0.273 e. The van der Waals surface area contributed by atoms with Crippen LogP contribution in [-0.2, 0) is 0 Å². The Labute approximate surface area is 121 Å². The molecule has 1 N–H and O–H groups in total. The largest absolute Gasteiger partial charge is 0.472 e. The molecule has 20 heavy (non-hydrogen) atoms. The molecule has 2 aromatic heterocycles. The summed E-state index contributed by atoms with van der Waals surface area (Å²) in [6.07, 6.45) is 5.39. The van der Waals surface area contributed by atoms with Gasteiger partial charge in [0.2, 0.25) is 0 Å². The van der Waals surface area contributed by atoms with Gasteiger partial charge >= 0.3 is 0 Å². The van der Waals surface area contributed by atoms with Gasteiger partial charge < -0.3 is 14.6 Å². The van der Waals surface area contributed by atoms with Crippen LogP contribution >= 0.6 is 11.3 Å². The zero-order valence-electron chi connectivity index (χ0n) is 11.3. The lowest BCUT2D eigenvalue weighted by atomic mass is 10.2. The number of amides is 1. The maximum absolute atomic E-state index is 12.5. The Morgan fingerprint density at radius 3 is 3.30 bits per heavy atom. The van der Waals surface area contributed by atoms with Crippen molar-refractivity contribution >= 4 is 17.2 Å². The van der Waals surface area contributed by atoms with E-state index in [9.17, 15) is 4.79 Å². The molecule has 3 heterocycles. The van der Waals surface area contributed by atoms with Crippen molar-refractivity contribution in [3.8, 4) is 10.6 Å². The Morgan fingerprint density at radius 1 is 1.65 bits per heavy atom. The molecule has 3 rings (SSSR count). The fourth-order valence-electron chi connectivity index (χ4n) is 2.59. The van der Waals surface area contributed by atoms with Crippen LogP contribution in [0.15, 0.2) is 28.4 Å². The molecule has 1 aliphatic rings. The van der Waals surface area contributed by atoms with E-state index < -0.39 is 0 Å². The highest BCUT2D eigenvalue weighted by Crippen LogP contribution is 2.26. The second-order valence-corrected chi connectivity index (χ2v) is 5.76. The Morgan fingerprint density at radius 2 is 2.55 bits per heavy atom. The maximum atomic E-state index is 12.5. The lowest BCUT2D eigenvalue weighted by Crippen LogP contribution is -2.40. The molecule has 1 saturated heterocycles. The van der Waals surface area contributed by atoms with Gasteiger partial charge in [-0.2, -0.15) is 0 Å². The fourth-order valence-corrected chi connectivity index (χ4v) is 3.37. The average Bonchev–Trinajstić information content (AvgIpc) is 3.19. The van der Waals surface area contributed by atoms with Crippen LogP contribution in [0.1, 0.15) is 23.3 Å². The molecule has 0 saturated carbocycles. The number of furan rings is 1. The van der Waals surface area contributed by atoms with Gasteiger partial charge in [-0.3, -0.25) is 4.79 Å². The second kappa shape index (κ2) is 5.76. The number of likely N-dealkylation sites (N-methyl/N-ethyl adjacent to an activating group) is 1. The first-order valence-electron chi connectivity index (χ1n) is 6.73. The highest BCUT2D eigenvalue weighted by molar-refractivity contribution is 7.13. The monoisotopic (exact) mass is 291 g/mol. The normalized spacial score (nSPS) is 18.6. The standard InChI is InChI=1S/C14H17N3O2S/c1-15-7-11-3-2-5-17(11)14(18)12-9-20-13(16-12)10-4-6-19-8-10/h4,6,8-9,11,15H,2-3,5,7H2,1H3. The summed E-state index contributed by atoms with van der Waals surface area (Å²) in [7, 11) is 1.92. The third-order valence-electron chi connectivity index (χ3n) is 3.57. The molecule has 1 aliphatic heterocycles. The minimum absolute atomic E-state index is 0.0359. The van der Waals surface area contributed by atoms with Crippen molar-refractivity contribution in [3.63, 3.8) is 0 Å². The molecule has 2 aromatic rings. The lowest BCUT2D eigenvalue weighted by Gasteiger charge is -2.23. The zero-order chi connectivity index (χ0) is 13.9. The SMILES string of the molecule is CNCC1CCCN1C(=O)c1csc(-c2ccoc2)n1. The van der Waals surface area contributed by atoms with Crippen molar-refractivity contribution in [2.45, 2.75) is 18.9 Å². The third kappa shape index (κ3) is 2.48. The van der Waals surface area contributed by atoms with Crippen molar-refractivity contribution in [1.29, 1.82) is 0 Å². The minimum atomic E-state index is 0.0359. The summed E-state index contributed by atoms with van der Waals surface area (Å²) in [5.74, 6) is 0.0359. The number of likely N-dealkylation sites (tertiary alicyclic amines) is 1. The van der Waals surface area contributed by atoms with Gasteiger partial charge in [0, 0.05) is 30.1 Å². The van der Waals surface area contributed by atoms with E-state index in [0.717, 1.165) is 36.5 Å². The van der Waals surface area contributed by atoms with Crippen LogP contribution in [-0.4, -0.2) is 42.0 Å². The van der Waals surface area contributed by atoms with Crippen molar-refractivity contribution < 1.29 is 9.21 Å². The zero-order valence-corrected chi connectivity index (χ0v) is 12.2. The Hall–Kier alpha value is -1.66. The number of aromatic nitrogens is 1. The quantitative estimate of drug-likeness (QED) is 0.938. The van der Waals surface area contributed by atoms with Gasteiger partial charge in [-0.25, -0.2) is 4.98 Å². The number of nitrogens with zero attached hydrogens (tertiary/aromatic N) is 2. The van der Waals surface area contributed by atoms with Crippen LogP contribution in [0.5, 0.6) is 0 Å². The van der Waals surface area contributed by atoms with Gasteiger partial charge in [0.25, 0.3) is 5.91 Å². The van der Waals surface area contributed by atoms with Crippen molar-refractivity contribution in [2.75, 3.05) is 20.1 Å². The summed E-state index contributed by atoms with van der Waals surface area (Å²) in [5.41, 5.74) is 1.46. The van der Waals surface area contributed by atoms with Gasteiger partial charge in [0.1, 0.15) is 17.0 Å². The van der Waals surface area contributed by atoms with Crippen molar-refractivity contribution in [1.82, 2.24) is 15.2 Å². The minimum Gasteiger partial charge on any atom is -0.472 e. The number of hydrogen-bond acceptors (Lipinski definition) is 5. The summed E-state index contributed by atoms with van der Waals surface area (Å²) in [5, 5.41) is 5.81. The Balaban J connectivity index is 1.77. The van der Waals surface area contributed by atoms with Crippen LogP contribution < -0.4 is 5.32 Å². The smallest absolute Gasteiger partial charge is 0.273 e. The summed E-state index contributed by atoms with van der Waals surface area (Å²) >= 11 is 1.47. The van der Waals surface area contributed by atoms with Crippen LogP contribution in [0.25, 0.3) is 10.6 Å². The molecule has 6 heteroatoms. The molecule has 1 amide bonds. The lowest BCUT2D eigenvalue weighted by molar-refractivity contribution is 0.0732. The van der Waals surface area contributed by atoms with E-state index in [-0.39, 0.29) is 11.9 Å².